The average Bonchev–Trinajstić information content (AvgIpc) is 2.75. The summed E-state index contributed by atoms with van der Waals surface area (Å²) in [4.78, 5) is 12.5. The molecule has 0 aliphatic rings. The Morgan fingerprint density at radius 1 is 1.00 bits per heavy atom. The van der Waals surface area contributed by atoms with Crippen LogP contribution < -0.4 is 9.73 Å². The Kier molecular flexibility index (Phi) is 7.00. The quantitative estimate of drug-likeness (QED) is 0.407. The van der Waals surface area contributed by atoms with Crippen molar-refractivity contribution in [2.45, 2.75) is 11.8 Å². The summed E-state index contributed by atoms with van der Waals surface area (Å²) >= 11 is 11.9. The van der Waals surface area contributed by atoms with E-state index in [4.69, 9.17) is 23.2 Å². The number of carbonyl (C=O) groups excluding carboxylic acids is 1. The van der Waals surface area contributed by atoms with Gasteiger partial charge in [-0.2, -0.15) is 5.10 Å². The van der Waals surface area contributed by atoms with Gasteiger partial charge in [0.05, 0.1) is 21.8 Å². The molecular weight excluding hydrogens is 457 g/mol. The molecule has 0 radical (unpaired) electrons. The second kappa shape index (κ2) is 9.51. The van der Waals surface area contributed by atoms with Crippen LogP contribution in [0, 0.1) is 6.92 Å². The van der Waals surface area contributed by atoms with E-state index >= 15 is 0 Å². The molecule has 31 heavy (non-hydrogen) atoms. The maximum atomic E-state index is 12.8. The van der Waals surface area contributed by atoms with E-state index in [9.17, 15) is 13.2 Å². The molecule has 0 saturated heterocycles. The first-order chi connectivity index (χ1) is 14.7. The zero-order chi connectivity index (χ0) is 22.6. The number of amides is 1. The number of anilines is 1. The second-order valence-electron chi connectivity index (χ2n) is 6.70. The molecule has 6 nitrogen and oxygen atoms in total. The highest BCUT2D eigenvalue weighted by Gasteiger charge is 2.21. The fourth-order valence-corrected chi connectivity index (χ4v) is 4.31. The summed E-state index contributed by atoms with van der Waals surface area (Å²) in [5.74, 6) is -0.447. The summed E-state index contributed by atoms with van der Waals surface area (Å²) in [5.41, 5.74) is 4.73. The molecule has 0 unspecified atom stereocenters. The van der Waals surface area contributed by atoms with E-state index in [-0.39, 0.29) is 4.90 Å². The van der Waals surface area contributed by atoms with Crippen molar-refractivity contribution in [2.24, 2.45) is 5.10 Å². The molecule has 0 saturated carbocycles. The van der Waals surface area contributed by atoms with E-state index in [1.54, 1.807) is 54.6 Å². The van der Waals surface area contributed by atoms with Crippen LogP contribution in [0.15, 0.2) is 76.7 Å². The van der Waals surface area contributed by atoms with Gasteiger partial charge in [0.15, 0.2) is 0 Å². The van der Waals surface area contributed by atoms with Crippen molar-refractivity contribution in [3.05, 3.63) is 93.5 Å². The molecule has 160 valence electrons. The summed E-state index contributed by atoms with van der Waals surface area (Å²) in [6.07, 6.45) is 1.41. The molecule has 1 N–H and O–H groups in total. The fraction of sp³-hybridized carbons (Fsp3) is 0.0909. The molecule has 3 rings (SSSR count). The molecule has 0 aliphatic carbocycles. The molecule has 3 aromatic carbocycles. The maximum Gasteiger partial charge on any atom is 0.271 e. The normalized spacial score (nSPS) is 11.5. The summed E-state index contributed by atoms with van der Waals surface area (Å²) in [6.45, 7) is 1.89. The molecule has 1 amide bonds. The third-order valence-electron chi connectivity index (χ3n) is 4.50. The number of rotatable bonds is 6. The van der Waals surface area contributed by atoms with Crippen molar-refractivity contribution in [1.29, 1.82) is 0 Å². The Balaban J connectivity index is 1.69. The van der Waals surface area contributed by atoms with Crippen LogP contribution in [0.3, 0.4) is 0 Å². The lowest BCUT2D eigenvalue weighted by Gasteiger charge is -2.19. The van der Waals surface area contributed by atoms with Crippen molar-refractivity contribution in [1.82, 2.24) is 5.43 Å². The Morgan fingerprint density at radius 2 is 1.65 bits per heavy atom. The number of hydrogen-bond donors (Lipinski definition) is 1. The van der Waals surface area contributed by atoms with Gasteiger partial charge in [-0.05, 0) is 55.5 Å². The zero-order valence-electron chi connectivity index (χ0n) is 16.7. The zero-order valence-corrected chi connectivity index (χ0v) is 19.0. The largest absolute Gasteiger partial charge is 0.271 e. The molecule has 0 aromatic heterocycles. The van der Waals surface area contributed by atoms with Gasteiger partial charge < -0.3 is 0 Å². The predicted molar refractivity (Wildman–Crippen MR) is 125 cm³/mol. The van der Waals surface area contributed by atoms with E-state index in [1.807, 2.05) is 6.92 Å². The van der Waals surface area contributed by atoms with Crippen LogP contribution in [0.5, 0.6) is 0 Å². The molecule has 3 aromatic rings. The average molecular weight is 476 g/mol. The summed E-state index contributed by atoms with van der Waals surface area (Å²) in [7, 11) is -2.24. The Morgan fingerprint density at radius 3 is 2.26 bits per heavy atom. The van der Waals surface area contributed by atoms with Gasteiger partial charge in [-0.3, -0.25) is 9.10 Å². The smallest absolute Gasteiger partial charge is 0.269 e. The highest BCUT2D eigenvalue weighted by molar-refractivity contribution is 7.92. The van der Waals surface area contributed by atoms with Gasteiger partial charge in [0.25, 0.3) is 15.9 Å². The summed E-state index contributed by atoms with van der Waals surface area (Å²) in [5, 5.41) is 4.80. The number of nitrogens with zero attached hydrogens (tertiary/aromatic N) is 2. The molecule has 9 heteroatoms. The first-order valence-electron chi connectivity index (χ1n) is 9.12. The van der Waals surface area contributed by atoms with Crippen LogP contribution in [0.4, 0.5) is 5.69 Å². The van der Waals surface area contributed by atoms with E-state index in [0.717, 1.165) is 5.56 Å². The number of nitrogens with one attached hydrogen (secondary N) is 1. The van der Waals surface area contributed by atoms with Gasteiger partial charge >= 0.3 is 0 Å². The van der Waals surface area contributed by atoms with Crippen molar-refractivity contribution in [2.75, 3.05) is 11.4 Å². The topological polar surface area (TPSA) is 78.8 Å². The minimum absolute atomic E-state index is 0.192. The molecular formula is C22H19Cl2N3O3S. The lowest BCUT2D eigenvalue weighted by molar-refractivity contribution is 0.0955. The van der Waals surface area contributed by atoms with Gasteiger partial charge in [0, 0.05) is 23.2 Å². The number of benzene rings is 3. The molecule has 0 spiro atoms. The fourth-order valence-electron chi connectivity index (χ4n) is 2.66. The Bertz CT molecular complexity index is 1230. The number of halogens is 2. The lowest BCUT2D eigenvalue weighted by Crippen LogP contribution is -2.26. The molecule has 0 aliphatic heterocycles. The highest BCUT2D eigenvalue weighted by Crippen LogP contribution is 2.23. The minimum atomic E-state index is -3.71. The monoisotopic (exact) mass is 475 g/mol. The highest BCUT2D eigenvalue weighted by atomic mass is 35.5. The third-order valence-corrected chi connectivity index (χ3v) is 6.87. The van der Waals surface area contributed by atoms with Crippen molar-refractivity contribution in [3.8, 4) is 0 Å². The molecule has 0 fully saturated rings. The number of sulfonamides is 1. The number of carbonyl (C=O) groups is 1. The van der Waals surface area contributed by atoms with E-state index in [0.29, 0.717) is 26.9 Å². The van der Waals surface area contributed by atoms with Crippen LogP contribution in [0.1, 0.15) is 21.5 Å². The molecule has 0 heterocycles. The molecule has 0 bridgehead atoms. The van der Waals surface area contributed by atoms with Crippen LogP contribution >= 0.6 is 23.2 Å². The van der Waals surface area contributed by atoms with Crippen molar-refractivity contribution >= 4 is 51.0 Å². The standard InChI is InChI=1S/C22H19Cl2N3O3S/c1-15-3-11-20(12-4-15)31(29,30)27(2)19-9-6-16(7-10-19)22(28)26-25-14-17-5-8-18(23)13-21(17)24/h3-14H,1-2H3,(H,26,28)/b25-14-. The van der Waals surface area contributed by atoms with Crippen LogP contribution in [0.25, 0.3) is 0 Å². The van der Waals surface area contributed by atoms with Gasteiger partial charge in [0.1, 0.15) is 0 Å². The summed E-state index contributed by atoms with van der Waals surface area (Å²) < 4.78 is 26.8. The van der Waals surface area contributed by atoms with Gasteiger partial charge in [-0.15, -0.1) is 0 Å². The maximum absolute atomic E-state index is 12.8. The van der Waals surface area contributed by atoms with Crippen molar-refractivity contribution < 1.29 is 13.2 Å². The predicted octanol–water partition coefficient (Wildman–Crippen LogP) is 4.89. The van der Waals surface area contributed by atoms with E-state index < -0.39 is 15.9 Å². The Hall–Kier alpha value is -2.87. The van der Waals surface area contributed by atoms with Crippen LogP contribution in [0.2, 0.25) is 10.0 Å². The SMILES string of the molecule is Cc1ccc(S(=O)(=O)N(C)c2ccc(C(=O)N/N=C\c3ccc(Cl)cc3Cl)cc2)cc1. The number of aryl methyl sites for hydroxylation is 1. The van der Waals surface area contributed by atoms with E-state index in [2.05, 4.69) is 10.5 Å². The summed E-state index contributed by atoms with van der Waals surface area (Å²) in [6, 6.07) is 17.7. The van der Waals surface area contributed by atoms with E-state index in [1.165, 1.54) is 29.7 Å². The van der Waals surface area contributed by atoms with Crippen molar-refractivity contribution in [3.63, 3.8) is 0 Å². The Labute approximate surface area is 191 Å². The van der Waals surface area contributed by atoms with Gasteiger partial charge in [-0.25, -0.2) is 13.8 Å². The minimum Gasteiger partial charge on any atom is -0.269 e. The van der Waals surface area contributed by atoms with Gasteiger partial charge in [-0.1, -0.05) is 47.0 Å². The number of hydrogen-bond acceptors (Lipinski definition) is 4. The first kappa shape index (κ1) is 22.8. The third kappa shape index (κ3) is 5.44. The van der Waals surface area contributed by atoms with Crippen LogP contribution in [-0.4, -0.2) is 27.6 Å². The molecule has 0 atom stereocenters. The lowest BCUT2D eigenvalue weighted by atomic mass is 10.2. The number of hydrazone groups is 1. The second-order valence-corrected chi connectivity index (χ2v) is 9.51. The first-order valence-corrected chi connectivity index (χ1v) is 11.3. The van der Waals surface area contributed by atoms with Gasteiger partial charge in [0.2, 0.25) is 0 Å². The van der Waals surface area contributed by atoms with Crippen LogP contribution in [-0.2, 0) is 10.0 Å².